The number of aryl methyl sites for hydroxylation is 1. The fourth-order valence-corrected chi connectivity index (χ4v) is 2.21. The van der Waals surface area contributed by atoms with Gasteiger partial charge in [-0.05, 0) is 24.8 Å². The zero-order chi connectivity index (χ0) is 17.5. The molecule has 1 atom stereocenters. The zero-order valence-electron chi connectivity index (χ0n) is 15.4. The number of hydrogen-bond donors (Lipinski definition) is 1. The van der Waals surface area contributed by atoms with Gasteiger partial charge in [0.1, 0.15) is 11.5 Å². The minimum atomic E-state index is 0.286. The first kappa shape index (κ1) is 18.1. The molecule has 2 rings (SSSR count). The summed E-state index contributed by atoms with van der Waals surface area (Å²) >= 11 is 0. The first-order chi connectivity index (χ1) is 11.5. The van der Waals surface area contributed by atoms with E-state index in [1.54, 1.807) is 0 Å². The van der Waals surface area contributed by atoms with E-state index in [1.165, 1.54) is 5.56 Å². The van der Waals surface area contributed by atoms with Crippen molar-refractivity contribution in [3.8, 4) is 0 Å². The lowest BCUT2D eigenvalue weighted by molar-refractivity contribution is 0.752. The number of aliphatic imine (C=N–C) groups is 1. The van der Waals surface area contributed by atoms with Crippen molar-refractivity contribution in [3.63, 3.8) is 0 Å². The molecule has 1 heterocycles. The zero-order valence-corrected chi connectivity index (χ0v) is 15.4. The van der Waals surface area contributed by atoms with Gasteiger partial charge in [0.2, 0.25) is 0 Å². The number of nitrogens with zero attached hydrogens (tertiary/aromatic N) is 3. The average Bonchev–Trinajstić information content (AvgIpc) is 2.59. The molecule has 128 valence electrons. The maximum atomic E-state index is 4.72. The molecule has 4 heteroatoms. The second-order valence-electron chi connectivity index (χ2n) is 6.52. The number of rotatable bonds is 7. The van der Waals surface area contributed by atoms with Crippen molar-refractivity contribution >= 4 is 17.7 Å². The maximum Gasteiger partial charge on any atom is 0.156 e. The Balaban J connectivity index is 2.32. The Morgan fingerprint density at radius 2 is 1.83 bits per heavy atom. The molecule has 1 unspecified atom stereocenters. The van der Waals surface area contributed by atoms with E-state index in [9.17, 15) is 0 Å². The summed E-state index contributed by atoms with van der Waals surface area (Å²) in [6, 6.07) is 10.3. The Kier molecular flexibility index (Phi) is 6.47. The molecule has 1 N–H and O–H groups in total. The molecule has 2 aromatic rings. The van der Waals surface area contributed by atoms with Crippen LogP contribution in [0.5, 0.6) is 0 Å². The van der Waals surface area contributed by atoms with Gasteiger partial charge in [0.05, 0.1) is 5.69 Å². The third kappa shape index (κ3) is 4.88. The summed E-state index contributed by atoms with van der Waals surface area (Å²) in [6.07, 6.45) is 3.06. The molecule has 1 aromatic heterocycles. The first-order valence-electron chi connectivity index (χ1n) is 8.71. The van der Waals surface area contributed by atoms with Gasteiger partial charge in [0, 0.05) is 18.7 Å². The van der Waals surface area contributed by atoms with Gasteiger partial charge in [0.25, 0.3) is 0 Å². The molecule has 0 aliphatic rings. The summed E-state index contributed by atoms with van der Waals surface area (Å²) in [5.41, 5.74) is 2.98. The van der Waals surface area contributed by atoms with Crippen LogP contribution in [0.1, 0.15) is 57.1 Å². The van der Waals surface area contributed by atoms with E-state index in [0.717, 1.165) is 36.0 Å². The molecule has 4 nitrogen and oxygen atoms in total. The van der Waals surface area contributed by atoms with Crippen LogP contribution in [0.25, 0.3) is 0 Å². The van der Waals surface area contributed by atoms with Crippen molar-refractivity contribution < 1.29 is 0 Å². The quantitative estimate of drug-likeness (QED) is 0.706. The van der Waals surface area contributed by atoms with Crippen LogP contribution in [0.15, 0.2) is 35.3 Å². The van der Waals surface area contributed by atoms with Crippen LogP contribution >= 0.6 is 0 Å². The summed E-state index contributed by atoms with van der Waals surface area (Å²) in [5, 5.41) is 3.44. The molecule has 0 saturated carbocycles. The summed E-state index contributed by atoms with van der Waals surface area (Å²) in [6.45, 7) is 11.3. The molecule has 24 heavy (non-hydrogen) atoms. The van der Waals surface area contributed by atoms with Crippen molar-refractivity contribution in [1.29, 1.82) is 0 Å². The van der Waals surface area contributed by atoms with Gasteiger partial charge in [-0.1, -0.05) is 58.0 Å². The lowest BCUT2D eigenvalue weighted by Crippen LogP contribution is -2.08. The van der Waals surface area contributed by atoms with Crippen LogP contribution in [-0.2, 0) is 6.54 Å². The highest BCUT2D eigenvalue weighted by molar-refractivity contribution is 5.72. The third-order valence-electron chi connectivity index (χ3n) is 4.00. The third-order valence-corrected chi connectivity index (χ3v) is 4.00. The molecular formula is C20H28N4. The van der Waals surface area contributed by atoms with E-state index >= 15 is 0 Å². The van der Waals surface area contributed by atoms with Gasteiger partial charge in [-0.2, -0.15) is 0 Å². The average molecular weight is 324 g/mol. The number of aromatic nitrogens is 2. The van der Waals surface area contributed by atoms with E-state index in [4.69, 9.17) is 4.98 Å². The van der Waals surface area contributed by atoms with Crippen molar-refractivity contribution in [2.24, 2.45) is 10.9 Å². The van der Waals surface area contributed by atoms with Crippen LogP contribution in [0.3, 0.4) is 0 Å². The van der Waals surface area contributed by atoms with Crippen molar-refractivity contribution in [3.05, 3.63) is 47.4 Å². The monoisotopic (exact) mass is 324 g/mol. The second-order valence-corrected chi connectivity index (χ2v) is 6.52. The normalized spacial score (nSPS) is 12.8. The van der Waals surface area contributed by atoms with Crippen molar-refractivity contribution in [2.45, 2.75) is 53.5 Å². The highest BCUT2D eigenvalue weighted by Gasteiger charge is 2.13. The molecular weight excluding hydrogens is 296 g/mol. The van der Waals surface area contributed by atoms with E-state index in [2.05, 4.69) is 55.1 Å². The standard InChI is InChI=1S/C20H28N4/c1-6-15(4)12-21-18-16(5)23-19(14(2)3)24-20(18)22-13-17-10-8-7-9-11-17/h7-12,14-15H,6,13H2,1-5H3,(H,22,23,24). The number of anilines is 1. The molecule has 0 fully saturated rings. The highest BCUT2D eigenvalue weighted by atomic mass is 15.1. The molecule has 0 amide bonds. The van der Waals surface area contributed by atoms with Crippen LogP contribution in [0.4, 0.5) is 11.5 Å². The van der Waals surface area contributed by atoms with Crippen molar-refractivity contribution in [2.75, 3.05) is 5.32 Å². The molecule has 0 aliphatic carbocycles. The lowest BCUT2D eigenvalue weighted by atomic mass is 10.1. The van der Waals surface area contributed by atoms with E-state index in [-0.39, 0.29) is 5.92 Å². The smallest absolute Gasteiger partial charge is 0.156 e. The summed E-state index contributed by atoms with van der Waals surface area (Å²) in [7, 11) is 0. The van der Waals surface area contributed by atoms with Crippen LogP contribution in [0, 0.1) is 12.8 Å². The van der Waals surface area contributed by atoms with Crippen LogP contribution < -0.4 is 5.32 Å². The number of hydrogen-bond acceptors (Lipinski definition) is 4. The van der Waals surface area contributed by atoms with E-state index in [1.807, 2.05) is 31.3 Å². The maximum absolute atomic E-state index is 4.72. The fourth-order valence-electron chi connectivity index (χ4n) is 2.21. The summed E-state index contributed by atoms with van der Waals surface area (Å²) in [5.74, 6) is 2.39. The topological polar surface area (TPSA) is 50.2 Å². The summed E-state index contributed by atoms with van der Waals surface area (Å²) in [4.78, 5) is 14.0. The van der Waals surface area contributed by atoms with Crippen LogP contribution in [0.2, 0.25) is 0 Å². The van der Waals surface area contributed by atoms with Gasteiger partial charge in [-0.3, -0.25) is 4.99 Å². The Bertz CT molecular complexity index is 678. The van der Waals surface area contributed by atoms with Crippen LogP contribution in [-0.4, -0.2) is 16.2 Å². The predicted molar refractivity (Wildman–Crippen MR) is 102 cm³/mol. The number of nitrogens with one attached hydrogen (secondary N) is 1. The molecule has 0 saturated heterocycles. The van der Waals surface area contributed by atoms with E-state index < -0.39 is 0 Å². The Morgan fingerprint density at radius 3 is 2.46 bits per heavy atom. The minimum Gasteiger partial charge on any atom is -0.364 e. The Labute approximate surface area is 145 Å². The van der Waals surface area contributed by atoms with Gasteiger partial charge < -0.3 is 5.32 Å². The first-order valence-corrected chi connectivity index (χ1v) is 8.71. The minimum absolute atomic E-state index is 0.286. The lowest BCUT2D eigenvalue weighted by Gasteiger charge is -2.14. The SMILES string of the molecule is CCC(C)C=Nc1c(C)nc(C(C)C)nc1NCc1ccccc1. The van der Waals surface area contributed by atoms with Gasteiger partial charge in [-0.25, -0.2) is 9.97 Å². The van der Waals surface area contributed by atoms with Gasteiger partial charge in [-0.15, -0.1) is 0 Å². The van der Waals surface area contributed by atoms with Crippen molar-refractivity contribution in [1.82, 2.24) is 9.97 Å². The molecule has 0 aliphatic heterocycles. The van der Waals surface area contributed by atoms with E-state index in [0.29, 0.717) is 5.92 Å². The van der Waals surface area contributed by atoms with Gasteiger partial charge in [0.15, 0.2) is 5.82 Å². The molecule has 0 spiro atoms. The number of benzene rings is 1. The Hall–Kier alpha value is -2.23. The molecule has 0 bridgehead atoms. The second kappa shape index (κ2) is 8.57. The molecule has 1 aromatic carbocycles. The van der Waals surface area contributed by atoms with Gasteiger partial charge >= 0.3 is 0 Å². The highest BCUT2D eigenvalue weighted by Crippen LogP contribution is 2.28. The largest absolute Gasteiger partial charge is 0.364 e. The Morgan fingerprint density at radius 1 is 1.12 bits per heavy atom. The fraction of sp³-hybridized carbons (Fsp3) is 0.450. The molecule has 0 radical (unpaired) electrons. The predicted octanol–water partition coefficient (Wildman–Crippen LogP) is 5.27. The summed E-state index contributed by atoms with van der Waals surface area (Å²) < 4.78 is 0.